The first-order chi connectivity index (χ1) is 14.5. The molecule has 30 heavy (non-hydrogen) atoms. The second-order valence-electron chi connectivity index (χ2n) is 6.61. The van der Waals surface area contributed by atoms with E-state index in [2.05, 4.69) is 4.99 Å². The van der Waals surface area contributed by atoms with Crippen LogP contribution in [0.2, 0.25) is 0 Å². The number of carbonyl (C=O) groups is 2. The average Bonchev–Trinajstić information content (AvgIpc) is 3.32. The number of amidine groups is 1. The molecule has 0 spiro atoms. The number of hydrogen-bond acceptors (Lipinski definition) is 7. The second kappa shape index (κ2) is 8.62. The number of esters is 1. The van der Waals surface area contributed by atoms with Gasteiger partial charge in [-0.25, -0.2) is 4.99 Å². The quantitative estimate of drug-likeness (QED) is 0.537. The molecule has 0 bridgehead atoms. The molecular weight excluding hydrogens is 404 g/mol. The molecule has 2 heterocycles. The van der Waals surface area contributed by atoms with Gasteiger partial charge in [0.2, 0.25) is 6.79 Å². The molecule has 0 aromatic heterocycles. The van der Waals surface area contributed by atoms with E-state index in [1.54, 1.807) is 25.1 Å². The first kappa shape index (κ1) is 20.0. The lowest BCUT2D eigenvalue weighted by atomic mass is 10.1. The maximum atomic E-state index is 13.2. The van der Waals surface area contributed by atoms with Crippen molar-refractivity contribution in [1.29, 1.82) is 0 Å². The Bertz CT molecular complexity index is 1050. The number of fused-ring (bicyclic) bond motifs is 1. The highest BCUT2D eigenvalue weighted by atomic mass is 32.2. The summed E-state index contributed by atoms with van der Waals surface area (Å²) in [6.07, 6.45) is 1.70. The summed E-state index contributed by atoms with van der Waals surface area (Å²) in [7, 11) is 0. The average molecular weight is 424 g/mol. The highest BCUT2D eigenvalue weighted by molar-refractivity contribution is 8.14. The fourth-order valence-electron chi connectivity index (χ4n) is 3.00. The molecule has 2 aliphatic rings. The SMILES string of the molecule is CCOC(=O)CSC1=NC(=Cc2ccc3c(c2)OCO3)C(=O)N1c1ccc(C)cc1. The van der Waals surface area contributed by atoms with Gasteiger partial charge in [0.15, 0.2) is 16.7 Å². The predicted octanol–water partition coefficient (Wildman–Crippen LogP) is 3.76. The molecule has 8 heteroatoms. The molecule has 1 amide bonds. The van der Waals surface area contributed by atoms with Gasteiger partial charge in [0.1, 0.15) is 5.70 Å². The van der Waals surface area contributed by atoms with Gasteiger partial charge in [-0.1, -0.05) is 35.5 Å². The van der Waals surface area contributed by atoms with Crippen LogP contribution in [0.15, 0.2) is 53.2 Å². The third-order valence-corrected chi connectivity index (χ3v) is 5.36. The molecule has 0 saturated heterocycles. The molecule has 2 aromatic carbocycles. The third-order valence-electron chi connectivity index (χ3n) is 4.45. The van der Waals surface area contributed by atoms with E-state index in [-0.39, 0.29) is 30.1 Å². The Hall–Kier alpha value is -3.26. The van der Waals surface area contributed by atoms with Crippen LogP contribution in [0.4, 0.5) is 5.69 Å². The number of hydrogen-bond donors (Lipinski definition) is 0. The molecular formula is C22H20N2O5S. The van der Waals surface area contributed by atoms with Gasteiger partial charge in [-0.2, -0.15) is 0 Å². The standard InChI is InChI=1S/C22H20N2O5S/c1-3-27-20(25)12-30-22-23-17(10-15-6-9-18-19(11-15)29-13-28-18)21(26)24(22)16-7-4-14(2)5-8-16/h4-11H,3,12-13H2,1-2H3. The van der Waals surface area contributed by atoms with Gasteiger partial charge in [-0.3, -0.25) is 14.5 Å². The Labute approximate surface area is 178 Å². The maximum Gasteiger partial charge on any atom is 0.316 e. The Morgan fingerprint density at radius 1 is 1.20 bits per heavy atom. The number of ether oxygens (including phenoxy) is 3. The zero-order valence-electron chi connectivity index (χ0n) is 16.6. The summed E-state index contributed by atoms with van der Waals surface area (Å²) in [5.41, 5.74) is 2.82. The monoisotopic (exact) mass is 424 g/mol. The van der Waals surface area contributed by atoms with Crippen molar-refractivity contribution < 1.29 is 23.8 Å². The number of rotatable bonds is 5. The van der Waals surface area contributed by atoms with Crippen molar-refractivity contribution in [1.82, 2.24) is 0 Å². The molecule has 2 aromatic rings. The third kappa shape index (κ3) is 4.18. The summed E-state index contributed by atoms with van der Waals surface area (Å²) in [5.74, 6) is 0.758. The largest absolute Gasteiger partial charge is 0.465 e. The predicted molar refractivity (Wildman–Crippen MR) is 116 cm³/mol. The van der Waals surface area contributed by atoms with Crippen LogP contribution in [-0.2, 0) is 14.3 Å². The number of aliphatic imine (C=N–C) groups is 1. The molecule has 0 saturated carbocycles. The highest BCUT2D eigenvalue weighted by Gasteiger charge is 2.32. The van der Waals surface area contributed by atoms with Crippen molar-refractivity contribution in [2.45, 2.75) is 13.8 Å². The Balaban J connectivity index is 1.64. The number of benzene rings is 2. The lowest BCUT2D eigenvalue weighted by Crippen LogP contribution is -2.31. The van der Waals surface area contributed by atoms with Gasteiger partial charge >= 0.3 is 5.97 Å². The maximum absolute atomic E-state index is 13.2. The van der Waals surface area contributed by atoms with Crippen molar-refractivity contribution >= 4 is 40.6 Å². The van der Waals surface area contributed by atoms with E-state index in [0.29, 0.717) is 29.0 Å². The van der Waals surface area contributed by atoms with Crippen LogP contribution in [0.25, 0.3) is 6.08 Å². The van der Waals surface area contributed by atoms with Crippen LogP contribution in [0, 0.1) is 6.92 Å². The van der Waals surface area contributed by atoms with Gasteiger partial charge < -0.3 is 14.2 Å². The Morgan fingerprint density at radius 3 is 2.73 bits per heavy atom. The van der Waals surface area contributed by atoms with Gasteiger partial charge in [0, 0.05) is 0 Å². The molecule has 0 radical (unpaired) electrons. The van der Waals surface area contributed by atoms with E-state index >= 15 is 0 Å². The molecule has 4 rings (SSSR count). The van der Waals surface area contributed by atoms with Crippen molar-refractivity contribution in [3.05, 3.63) is 59.3 Å². The normalized spacial score (nSPS) is 16.2. The summed E-state index contributed by atoms with van der Waals surface area (Å²) in [4.78, 5) is 31.0. The zero-order valence-corrected chi connectivity index (χ0v) is 17.4. The van der Waals surface area contributed by atoms with Crippen LogP contribution in [0.1, 0.15) is 18.1 Å². The van der Waals surface area contributed by atoms with Crippen LogP contribution in [0.3, 0.4) is 0 Å². The van der Waals surface area contributed by atoms with Crippen LogP contribution < -0.4 is 14.4 Å². The fourth-order valence-corrected chi connectivity index (χ4v) is 3.81. The second-order valence-corrected chi connectivity index (χ2v) is 7.55. The number of nitrogens with zero attached hydrogens (tertiary/aromatic N) is 2. The molecule has 0 unspecified atom stereocenters. The van der Waals surface area contributed by atoms with E-state index in [9.17, 15) is 9.59 Å². The van der Waals surface area contributed by atoms with E-state index in [1.165, 1.54) is 16.7 Å². The number of anilines is 1. The van der Waals surface area contributed by atoms with E-state index in [4.69, 9.17) is 14.2 Å². The summed E-state index contributed by atoms with van der Waals surface area (Å²) < 4.78 is 15.7. The summed E-state index contributed by atoms with van der Waals surface area (Å²) in [6.45, 7) is 4.22. The van der Waals surface area contributed by atoms with E-state index in [0.717, 1.165) is 11.1 Å². The van der Waals surface area contributed by atoms with Gasteiger partial charge in [-0.05, 0) is 49.8 Å². The van der Waals surface area contributed by atoms with Crippen LogP contribution >= 0.6 is 11.8 Å². The lowest BCUT2D eigenvalue weighted by Gasteiger charge is -2.17. The molecule has 0 fully saturated rings. The Morgan fingerprint density at radius 2 is 1.97 bits per heavy atom. The Kier molecular flexibility index (Phi) is 5.76. The number of aryl methyl sites for hydroxylation is 1. The topological polar surface area (TPSA) is 77.4 Å². The molecule has 154 valence electrons. The minimum absolute atomic E-state index is 0.0691. The van der Waals surface area contributed by atoms with Crippen LogP contribution in [0.5, 0.6) is 11.5 Å². The van der Waals surface area contributed by atoms with Gasteiger partial charge in [0.25, 0.3) is 5.91 Å². The first-order valence-corrected chi connectivity index (χ1v) is 10.4. The zero-order chi connectivity index (χ0) is 21.1. The van der Waals surface area contributed by atoms with E-state index in [1.807, 2.05) is 37.3 Å². The molecule has 0 atom stereocenters. The summed E-state index contributed by atoms with van der Waals surface area (Å²) in [5, 5.41) is 0.434. The van der Waals surface area contributed by atoms with Crippen molar-refractivity contribution in [2.75, 3.05) is 24.1 Å². The smallest absolute Gasteiger partial charge is 0.316 e. The first-order valence-electron chi connectivity index (χ1n) is 9.44. The number of carbonyl (C=O) groups excluding carboxylic acids is 2. The number of thioether (sulfide) groups is 1. The lowest BCUT2D eigenvalue weighted by molar-refractivity contribution is -0.139. The highest BCUT2D eigenvalue weighted by Crippen LogP contribution is 2.34. The molecule has 2 aliphatic heterocycles. The summed E-state index contributed by atoms with van der Waals surface area (Å²) >= 11 is 1.17. The van der Waals surface area contributed by atoms with Crippen LogP contribution in [-0.4, -0.2) is 36.2 Å². The number of amides is 1. The van der Waals surface area contributed by atoms with Crippen molar-refractivity contribution in [3.63, 3.8) is 0 Å². The fraction of sp³-hybridized carbons (Fsp3) is 0.227. The van der Waals surface area contributed by atoms with Crippen molar-refractivity contribution in [3.8, 4) is 11.5 Å². The minimum atomic E-state index is -0.352. The summed E-state index contributed by atoms with van der Waals surface area (Å²) in [6, 6.07) is 13.0. The van der Waals surface area contributed by atoms with Crippen molar-refractivity contribution in [2.24, 2.45) is 4.99 Å². The molecule has 0 N–H and O–H groups in total. The minimum Gasteiger partial charge on any atom is -0.465 e. The van der Waals surface area contributed by atoms with E-state index < -0.39 is 0 Å². The van der Waals surface area contributed by atoms with Gasteiger partial charge in [-0.15, -0.1) is 0 Å². The molecule has 0 aliphatic carbocycles. The molecule has 7 nitrogen and oxygen atoms in total. The van der Waals surface area contributed by atoms with Gasteiger partial charge in [0.05, 0.1) is 18.0 Å².